The highest BCUT2D eigenvalue weighted by Gasteiger charge is 2.51. The summed E-state index contributed by atoms with van der Waals surface area (Å²) < 4.78 is 13.1. The first-order valence-corrected chi connectivity index (χ1v) is 25.5. The third kappa shape index (κ3) is 6.10. The van der Waals surface area contributed by atoms with Crippen LogP contribution in [0.4, 0.5) is 0 Å². The van der Waals surface area contributed by atoms with Crippen molar-refractivity contribution in [2.75, 3.05) is 0 Å². The number of benzene rings is 11. The van der Waals surface area contributed by atoms with E-state index < -0.39 is 5.41 Å². The Labute approximate surface area is 431 Å². The molecule has 14 aromatic rings. The van der Waals surface area contributed by atoms with E-state index >= 15 is 0 Å². The van der Waals surface area contributed by atoms with Crippen LogP contribution in [0.5, 0.6) is 0 Å². The van der Waals surface area contributed by atoms with E-state index in [1.165, 1.54) is 50.1 Å². The second-order valence-corrected chi connectivity index (χ2v) is 19.7. The molecule has 5 heteroatoms. The predicted octanol–water partition coefficient (Wildman–Crippen LogP) is 18.0. The number of hydrogen-bond donors (Lipinski definition) is 0. The fourth-order valence-corrected chi connectivity index (χ4v) is 12.6. The molecule has 3 aromatic heterocycles. The first kappa shape index (κ1) is 41.6. The molecule has 1 spiro atoms. The molecule has 5 nitrogen and oxygen atoms in total. The first-order valence-electron chi connectivity index (χ1n) is 25.5. The van der Waals surface area contributed by atoms with Gasteiger partial charge >= 0.3 is 0 Å². The van der Waals surface area contributed by atoms with Gasteiger partial charge < -0.3 is 8.83 Å². The largest absolute Gasteiger partial charge is 0.456 e. The smallest absolute Gasteiger partial charge is 0.164 e. The third-order valence-electron chi connectivity index (χ3n) is 15.8. The number of nitrogens with zero attached hydrogens (tertiary/aromatic N) is 3. The Balaban J connectivity index is 0.854. The van der Waals surface area contributed by atoms with Crippen molar-refractivity contribution in [2.45, 2.75) is 5.41 Å². The summed E-state index contributed by atoms with van der Waals surface area (Å²) in [5.74, 6) is 1.68. The van der Waals surface area contributed by atoms with Crippen molar-refractivity contribution < 1.29 is 8.83 Å². The molecule has 75 heavy (non-hydrogen) atoms. The quantitative estimate of drug-likeness (QED) is 0.166. The van der Waals surface area contributed by atoms with Gasteiger partial charge in [0, 0.05) is 38.2 Å². The summed E-state index contributed by atoms with van der Waals surface area (Å²) in [6.45, 7) is 0. The predicted molar refractivity (Wildman–Crippen MR) is 303 cm³/mol. The van der Waals surface area contributed by atoms with Gasteiger partial charge in [0.25, 0.3) is 0 Å². The van der Waals surface area contributed by atoms with Crippen molar-refractivity contribution in [1.82, 2.24) is 15.0 Å². The Bertz CT molecular complexity index is 4610. The molecule has 0 bridgehead atoms. The van der Waals surface area contributed by atoms with Gasteiger partial charge in [0.15, 0.2) is 17.5 Å². The average molecular weight is 956 g/mol. The molecule has 2 aliphatic carbocycles. The Morgan fingerprint density at radius 2 is 0.653 bits per heavy atom. The van der Waals surface area contributed by atoms with E-state index in [-0.39, 0.29) is 0 Å². The van der Waals surface area contributed by atoms with Crippen LogP contribution in [0.2, 0.25) is 0 Å². The number of para-hydroxylation sites is 1. The van der Waals surface area contributed by atoms with Crippen molar-refractivity contribution in [3.63, 3.8) is 0 Å². The lowest BCUT2D eigenvalue weighted by Gasteiger charge is -2.30. The van der Waals surface area contributed by atoms with Crippen molar-refractivity contribution in [3.05, 3.63) is 271 Å². The van der Waals surface area contributed by atoms with E-state index in [2.05, 4.69) is 194 Å². The normalized spacial score (nSPS) is 12.9. The number of aromatic nitrogens is 3. The van der Waals surface area contributed by atoms with Crippen LogP contribution in [-0.4, -0.2) is 15.0 Å². The zero-order valence-corrected chi connectivity index (χ0v) is 40.3. The minimum Gasteiger partial charge on any atom is -0.456 e. The molecular formula is C70H41N3O2. The van der Waals surface area contributed by atoms with E-state index in [1.807, 2.05) is 54.6 Å². The summed E-state index contributed by atoms with van der Waals surface area (Å²) in [7, 11) is 0. The van der Waals surface area contributed by atoms with Crippen LogP contribution in [0.25, 0.3) is 134 Å². The molecule has 0 fully saturated rings. The van der Waals surface area contributed by atoms with Gasteiger partial charge in [-0.3, -0.25) is 0 Å². The summed E-state index contributed by atoms with van der Waals surface area (Å²) in [6.07, 6.45) is 0. The molecule has 0 atom stereocenters. The Kier molecular flexibility index (Phi) is 8.89. The van der Waals surface area contributed by atoms with Gasteiger partial charge in [-0.2, -0.15) is 0 Å². The monoisotopic (exact) mass is 955 g/mol. The van der Waals surface area contributed by atoms with Crippen LogP contribution in [0.1, 0.15) is 22.3 Å². The highest BCUT2D eigenvalue weighted by Crippen LogP contribution is 2.63. The molecule has 0 unspecified atom stereocenters. The first-order chi connectivity index (χ1) is 37.2. The zero-order valence-electron chi connectivity index (χ0n) is 40.3. The highest BCUT2D eigenvalue weighted by molar-refractivity contribution is 6.14. The second kappa shape index (κ2) is 16.0. The van der Waals surface area contributed by atoms with Crippen LogP contribution in [0.3, 0.4) is 0 Å². The molecule has 0 saturated carbocycles. The minimum absolute atomic E-state index is 0.413. The third-order valence-corrected chi connectivity index (χ3v) is 15.8. The number of fused-ring (bicyclic) bond motifs is 16. The topological polar surface area (TPSA) is 65.0 Å². The maximum absolute atomic E-state index is 6.68. The van der Waals surface area contributed by atoms with Gasteiger partial charge in [-0.1, -0.05) is 206 Å². The molecule has 0 radical (unpaired) electrons. The molecule has 0 saturated heterocycles. The second-order valence-electron chi connectivity index (χ2n) is 19.7. The molecule has 348 valence electrons. The number of furan rings is 2. The summed E-state index contributed by atoms with van der Waals surface area (Å²) in [5, 5.41) is 3.89. The maximum atomic E-state index is 6.68. The number of hydrogen-bond acceptors (Lipinski definition) is 5. The lowest BCUT2D eigenvalue weighted by molar-refractivity contribution is 0.668. The molecule has 0 aliphatic heterocycles. The van der Waals surface area contributed by atoms with Gasteiger partial charge in [-0.05, 0) is 120 Å². The fraction of sp³-hybridized carbons (Fsp3) is 0.0143. The van der Waals surface area contributed by atoms with Crippen molar-refractivity contribution in [3.8, 4) is 89.8 Å². The van der Waals surface area contributed by atoms with Gasteiger partial charge in [-0.25, -0.2) is 15.0 Å². The zero-order chi connectivity index (χ0) is 49.2. The van der Waals surface area contributed by atoms with E-state index in [9.17, 15) is 0 Å². The van der Waals surface area contributed by atoms with Crippen LogP contribution < -0.4 is 0 Å². The van der Waals surface area contributed by atoms with Crippen LogP contribution in [-0.2, 0) is 5.41 Å². The summed E-state index contributed by atoms with van der Waals surface area (Å²) in [6, 6.07) is 88.7. The van der Waals surface area contributed by atoms with Gasteiger partial charge in [0.05, 0.1) is 5.41 Å². The summed E-state index contributed by atoms with van der Waals surface area (Å²) in [4.78, 5) is 16.1. The number of rotatable bonds is 6. The van der Waals surface area contributed by atoms with Crippen molar-refractivity contribution in [1.29, 1.82) is 0 Å². The molecule has 11 aromatic carbocycles. The van der Waals surface area contributed by atoms with Crippen LogP contribution in [0, 0.1) is 0 Å². The van der Waals surface area contributed by atoms with Crippen LogP contribution >= 0.6 is 0 Å². The van der Waals surface area contributed by atoms with E-state index in [0.29, 0.717) is 17.5 Å². The highest BCUT2D eigenvalue weighted by atomic mass is 16.3. The lowest BCUT2D eigenvalue weighted by Crippen LogP contribution is -2.25. The minimum atomic E-state index is -0.413. The Morgan fingerprint density at radius 3 is 1.29 bits per heavy atom. The van der Waals surface area contributed by atoms with Crippen LogP contribution in [0.15, 0.2) is 258 Å². The molecule has 16 rings (SSSR count). The Hall–Kier alpha value is -9.97. The molecule has 0 N–H and O–H groups in total. The summed E-state index contributed by atoms with van der Waals surface area (Å²) in [5.41, 5.74) is 22.5. The Morgan fingerprint density at radius 1 is 0.240 bits per heavy atom. The van der Waals surface area contributed by atoms with Crippen molar-refractivity contribution in [2.24, 2.45) is 0 Å². The molecular weight excluding hydrogens is 915 g/mol. The van der Waals surface area contributed by atoms with Gasteiger partial charge in [0.2, 0.25) is 0 Å². The average Bonchev–Trinajstić information content (AvgIpc) is 4.41. The fourth-order valence-electron chi connectivity index (χ4n) is 12.6. The lowest BCUT2D eigenvalue weighted by atomic mass is 9.70. The van der Waals surface area contributed by atoms with Gasteiger partial charge in [-0.15, -0.1) is 0 Å². The van der Waals surface area contributed by atoms with E-state index in [4.69, 9.17) is 23.8 Å². The maximum Gasteiger partial charge on any atom is 0.164 e. The summed E-state index contributed by atoms with van der Waals surface area (Å²) >= 11 is 0. The molecule has 3 heterocycles. The van der Waals surface area contributed by atoms with Gasteiger partial charge in [0.1, 0.15) is 22.3 Å². The SMILES string of the molecule is c1ccc(-c2ccccc2-c2nc(-c3cccc4oc5ccccc5c34)nc(-c3cccc4oc5ccc(-c6cccc(-c7ccc8c(c7)C7(c9ccccc9-c9ccccc97)c7ccccc7-8)c6)cc5c34)n2)cc1. The standard InChI is InChI=1S/C70H41N3O2/c1-2-17-42(18-3-1)47-21-4-5-25-52(47)67-71-68(54-27-15-33-63-65(54)53-26-9-13-32-61(53)74-63)73-69(72-67)55-28-16-34-64-66(55)56-40-45(36-38-62(56)75-64)43-19-14-20-44(39-43)46-35-37-51-50-24-8-12-31-59(50)70(60(51)41-46)57-29-10-6-22-48(57)49-23-7-11-30-58(49)70/h1-41H. The van der Waals surface area contributed by atoms with E-state index in [1.54, 1.807) is 0 Å². The molecule has 2 aliphatic rings. The van der Waals surface area contributed by atoms with E-state index in [0.717, 1.165) is 88.4 Å². The van der Waals surface area contributed by atoms with Crippen molar-refractivity contribution >= 4 is 43.9 Å². The molecule has 0 amide bonds.